The monoisotopic (exact) mass is 377 g/mol. The molecule has 3 atom stereocenters. The van der Waals surface area contributed by atoms with Crippen LogP contribution in [0.1, 0.15) is 25.3 Å². The number of nitrogens with zero attached hydrogens (tertiary/aromatic N) is 4. The lowest BCUT2D eigenvalue weighted by Crippen LogP contribution is -2.53. The molecule has 0 bridgehead atoms. The van der Waals surface area contributed by atoms with Crippen LogP contribution in [0.15, 0.2) is 35.9 Å². The average molecular weight is 378 g/mol. The summed E-state index contributed by atoms with van der Waals surface area (Å²) in [6.07, 6.45) is 1.92. The highest BCUT2D eigenvalue weighted by Crippen LogP contribution is 2.52. The minimum absolute atomic E-state index is 0.115. The maximum Gasteiger partial charge on any atom is 0.203 e. The fourth-order valence-electron chi connectivity index (χ4n) is 4.28. The van der Waals surface area contributed by atoms with Gasteiger partial charge in [0.15, 0.2) is 0 Å². The van der Waals surface area contributed by atoms with E-state index in [9.17, 15) is 15.8 Å². The highest BCUT2D eigenvalue weighted by Gasteiger charge is 2.56. The number of hydrogen-bond donors (Lipinski definition) is 1. The fraction of sp³-hybridized carbons (Fsp3) is 0.429. The SMILES string of the molecule is CC(C)N1CC=C2[C@@H](C1)[C@H](c1ccc(Cl)cc1)[C@H](C#N)C(=N)C2(C#N)C#N. The summed E-state index contributed by atoms with van der Waals surface area (Å²) in [5, 5.41) is 38.7. The predicted octanol–water partition coefficient (Wildman–Crippen LogP) is 3.90. The average Bonchev–Trinajstić information content (AvgIpc) is 2.68. The smallest absolute Gasteiger partial charge is 0.203 e. The topological polar surface area (TPSA) is 98.5 Å². The fourth-order valence-corrected chi connectivity index (χ4v) is 4.41. The van der Waals surface area contributed by atoms with Gasteiger partial charge in [0.1, 0.15) is 0 Å². The molecule has 3 rings (SSSR count). The molecule has 1 aliphatic carbocycles. The zero-order valence-electron chi connectivity index (χ0n) is 15.3. The van der Waals surface area contributed by atoms with Crippen molar-refractivity contribution in [2.45, 2.75) is 25.8 Å². The number of hydrogen-bond acceptors (Lipinski definition) is 5. The first-order valence-electron chi connectivity index (χ1n) is 8.90. The number of nitrogens with one attached hydrogen (secondary N) is 1. The van der Waals surface area contributed by atoms with Crippen LogP contribution in [0, 0.1) is 56.7 Å². The van der Waals surface area contributed by atoms with Crippen LogP contribution in [0.2, 0.25) is 5.02 Å². The predicted molar refractivity (Wildman–Crippen MR) is 103 cm³/mol. The number of nitriles is 3. The second-order valence-corrected chi connectivity index (χ2v) is 7.82. The van der Waals surface area contributed by atoms with Gasteiger partial charge in [-0.3, -0.25) is 4.90 Å². The van der Waals surface area contributed by atoms with Gasteiger partial charge in [0.25, 0.3) is 0 Å². The van der Waals surface area contributed by atoms with Gasteiger partial charge in [-0.1, -0.05) is 29.8 Å². The van der Waals surface area contributed by atoms with Crippen molar-refractivity contribution >= 4 is 17.3 Å². The van der Waals surface area contributed by atoms with Crippen molar-refractivity contribution in [3.05, 3.63) is 46.5 Å². The van der Waals surface area contributed by atoms with Crippen molar-refractivity contribution in [1.82, 2.24) is 4.90 Å². The first kappa shape index (κ1) is 19.1. The standard InChI is InChI=1S/C21H20ClN5/c1-13(2)27-8-7-18-17(10-27)19(14-3-5-15(22)6-4-14)16(9-23)20(26)21(18,11-24)12-25/h3-7,13,16-17,19,26H,8,10H2,1-2H3/t16-,17+,19+/m0/s1. The molecule has 0 amide bonds. The van der Waals surface area contributed by atoms with Crippen LogP contribution in [0.25, 0.3) is 0 Å². The van der Waals surface area contributed by atoms with Gasteiger partial charge in [-0.25, -0.2) is 0 Å². The molecule has 1 aliphatic heterocycles. The van der Waals surface area contributed by atoms with Crippen molar-refractivity contribution < 1.29 is 0 Å². The molecule has 27 heavy (non-hydrogen) atoms. The van der Waals surface area contributed by atoms with Crippen LogP contribution in [0.4, 0.5) is 0 Å². The van der Waals surface area contributed by atoms with Crippen LogP contribution in [-0.4, -0.2) is 29.7 Å². The largest absolute Gasteiger partial charge is 0.305 e. The summed E-state index contributed by atoms with van der Waals surface area (Å²) in [5.74, 6) is -1.30. The van der Waals surface area contributed by atoms with Crippen molar-refractivity contribution in [2.75, 3.05) is 13.1 Å². The molecule has 1 heterocycles. The molecule has 5 nitrogen and oxygen atoms in total. The quantitative estimate of drug-likeness (QED) is 0.790. The van der Waals surface area contributed by atoms with E-state index in [1.807, 2.05) is 18.2 Å². The highest BCUT2D eigenvalue weighted by molar-refractivity contribution is 6.30. The van der Waals surface area contributed by atoms with E-state index in [-0.39, 0.29) is 17.5 Å². The molecule has 1 fully saturated rings. The number of benzene rings is 1. The lowest BCUT2D eigenvalue weighted by Gasteiger charge is -2.48. The van der Waals surface area contributed by atoms with Crippen molar-refractivity contribution in [3.8, 4) is 18.2 Å². The molecule has 1 aromatic carbocycles. The Bertz CT molecular complexity index is 896. The van der Waals surface area contributed by atoms with Crippen LogP contribution >= 0.6 is 11.6 Å². The maximum absolute atomic E-state index is 9.87. The van der Waals surface area contributed by atoms with E-state index in [1.54, 1.807) is 12.1 Å². The molecule has 1 N–H and O–H groups in total. The number of fused-ring (bicyclic) bond motifs is 1. The van der Waals surface area contributed by atoms with Crippen LogP contribution < -0.4 is 0 Å². The van der Waals surface area contributed by atoms with E-state index in [0.717, 1.165) is 5.56 Å². The van der Waals surface area contributed by atoms with Gasteiger partial charge in [-0.2, -0.15) is 15.8 Å². The Kier molecular flexibility index (Phi) is 5.07. The number of halogens is 1. The second-order valence-electron chi connectivity index (χ2n) is 7.38. The third-order valence-electron chi connectivity index (χ3n) is 5.78. The second kappa shape index (κ2) is 7.16. The summed E-state index contributed by atoms with van der Waals surface area (Å²) in [6.45, 7) is 5.48. The molecular weight excluding hydrogens is 358 g/mol. The zero-order valence-corrected chi connectivity index (χ0v) is 16.0. The van der Waals surface area contributed by atoms with Gasteiger partial charge in [-0.05, 0) is 37.1 Å². The van der Waals surface area contributed by atoms with Crippen molar-refractivity contribution in [1.29, 1.82) is 21.2 Å². The van der Waals surface area contributed by atoms with Gasteiger partial charge in [0.2, 0.25) is 5.41 Å². The molecule has 2 aliphatic rings. The molecule has 6 heteroatoms. The van der Waals surface area contributed by atoms with Gasteiger partial charge in [-0.15, -0.1) is 0 Å². The van der Waals surface area contributed by atoms with E-state index in [0.29, 0.717) is 29.7 Å². The van der Waals surface area contributed by atoms with E-state index >= 15 is 0 Å². The third kappa shape index (κ3) is 2.92. The molecule has 0 aromatic heterocycles. The van der Waals surface area contributed by atoms with E-state index in [4.69, 9.17) is 17.0 Å². The van der Waals surface area contributed by atoms with Crippen molar-refractivity contribution in [2.24, 2.45) is 17.3 Å². The lowest BCUT2D eigenvalue weighted by molar-refractivity contribution is 0.175. The van der Waals surface area contributed by atoms with E-state index in [1.165, 1.54) is 0 Å². The third-order valence-corrected chi connectivity index (χ3v) is 6.03. The Labute approximate surface area is 164 Å². The normalized spacial score (nSPS) is 27.1. The Morgan fingerprint density at radius 1 is 1.19 bits per heavy atom. The molecule has 0 radical (unpaired) electrons. The molecule has 0 spiro atoms. The summed E-state index contributed by atoms with van der Waals surface area (Å²) in [4.78, 5) is 2.26. The van der Waals surface area contributed by atoms with Crippen LogP contribution in [0.5, 0.6) is 0 Å². The van der Waals surface area contributed by atoms with E-state index in [2.05, 4.69) is 37.0 Å². The Balaban J connectivity index is 2.21. The summed E-state index contributed by atoms with van der Waals surface area (Å²) in [6, 6.07) is 13.9. The summed E-state index contributed by atoms with van der Waals surface area (Å²) < 4.78 is 0. The molecule has 136 valence electrons. The zero-order chi connectivity index (χ0) is 19.8. The van der Waals surface area contributed by atoms with Gasteiger partial charge in [0, 0.05) is 36.0 Å². The van der Waals surface area contributed by atoms with Crippen LogP contribution in [0.3, 0.4) is 0 Å². The minimum atomic E-state index is -1.66. The molecular formula is C21H20ClN5. The minimum Gasteiger partial charge on any atom is -0.305 e. The molecule has 1 saturated carbocycles. The molecule has 1 aromatic rings. The van der Waals surface area contributed by atoms with Gasteiger partial charge < -0.3 is 5.41 Å². The van der Waals surface area contributed by atoms with Gasteiger partial charge >= 0.3 is 0 Å². The molecule has 0 unspecified atom stereocenters. The first-order valence-corrected chi connectivity index (χ1v) is 9.28. The molecule has 0 saturated heterocycles. The first-order chi connectivity index (χ1) is 12.9. The highest BCUT2D eigenvalue weighted by atomic mass is 35.5. The summed E-state index contributed by atoms with van der Waals surface area (Å²) >= 11 is 6.03. The maximum atomic E-state index is 9.87. The van der Waals surface area contributed by atoms with Crippen LogP contribution in [-0.2, 0) is 0 Å². The Morgan fingerprint density at radius 2 is 1.81 bits per heavy atom. The van der Waals surface area contributed by atoms with Gasteiger partial charge in [0.05, 0.1) is 29.8 Å². The van der Waals surface area contributed by atoms with E-state index < -0.39 is 11.3 Å². The Hall–Kier alpha value is -2.65. The number of rotatable bonds is 2. The summed E-state index contributed by atoms with van der Waals surface area (Å²) in [7, 11) is 0. The summed E-state index contributed by atoms with van der Waals surface area (Å²) in [5.41, 5.74) is -0.199. The van der Waals surface area contributed by atoms with Crippen molar-refractivity contribution in [3.63, 3.8) is 0 Å². The Morgan fingerprint density at radius 3 is 2.33 bits per heavy atom. The lowest BCUT2D eigenvalue weighted by atomic mass is 9.55.